The predicted octanol–water partition coefficient (Wildman–Crippen LogP) is 3.25. The second-order valence-corrected chi connectivity index (χ2v) is 5.04. The molecule has 0 aliphatic rings. The minimum Gasteiger partial charge on any atom is -0.335 e. The van der Waals surface area contributed by atoms with E-state index in [1.54, 1.807) is 0 Å². The topological polar surface area (TPSA) is 29.9 Å². The monoisotopic (exact) mass is 251 g/mol. The van der Waals surface area contributed by atoms with Gasteiger partial charge in [0.25, 0.3) is 0 Å². The van der Waals surface area contributed by atoms with Gasteiger partial charge in [0.15, 0.2) is 0 Å². The van der Waals surface area contributed by atoms with Crippen LogP contribution >= 0.6 is 0 Å². The highest BCUT2D eigenvalue weighted by atomic mass is 15.1. The Morgan fingerprint density at radius 2 is 2.11 bits per heavy atom. The molecule has 3 nitrogen and oxygen atoms in total. The second-order valence-electron chi connectivity index (χ2n) is 5.04. The Morgan fingerprint density at radius 3 is 2.67 bits per heavy atom. The van der Waals surface area contributed by atoms with Gasteiger partial charge in [0.1, 0.15) is 5.82 Å². The van der Waals surface area contributed by atoms with Gasteiger partial charge in [0.05, 0.1) is 0 Å². The van der Waals surface area contributed by atoms with E-state index in [4.69, 9.17) is 0 Å². The van der Waals surface area contributed by atoms with Crippen LogP contribution in [0.2, 0.25) is 0 Å². The third-order valence-corrected chi connectivity index (χ3v) is 3.94. The van der Waals surface area contributed by atoms with E-state index >= 15 is 0 Å². The first-order valence-corrected chi connectivity index (χ1v) is 7.43. The number of unbranched alkanes of at least 4 members (excludes halogenated alkanes) is 1. The molecule has 1 rings (SSSR count). The van der Waals surface area contributed by atoms with Gasteiger partial charge in [-0.05, 0) is 26.3 Å². The van der Waals surface area contributed by atoms with Crippen molar-refractivity contribution in [1.82, 2.24) is 14.9 Å². The van der Waals surface area contributed by atoms with Gasteiger partial charge in [-0.15, -0.1) is 0 Å². The summed E-state index contributed by atoms with van der Waals surface area (Å²) in [6.45, 7) is 7.76. The fourth-order valence-electron chi connectivity index (χ4n) is 2.68. The summed E-state index contributed by atoms with van der Waals surface area (Å²) in [5, 5.41) is 3.50. The molecule has 0 aliphatic carbocycles. The van der Waals surface area contributed by atoms with E-state index in [2.05, 4.69) is 48.9 Å². The number of nitrogens with zero attached hydrogens (tertiary/aromatic N) is 2. The van der Waals surface area contributed by atoms with Crippen LogP contribution in [0.15, 0.2) is 12.4 Å². The minimum atomic E-state index is 0.550. The average Bonchev–Trinajstić information content (AvgIpc) is 2.85. The predicted molar refractivity (Wildman–Crippen MR) is 77.8 cm³/mol. The highest BCUT2D eigenvalue weighted by molar-refractivity contribution is 4.96. The summed E-state index contributed by atoms with van der Waals surface area (Å²) >= 11 is 0. The van der Waals surface area contributed by atoms with Crippen molar-refractivity contribution in [3.05, 3.63) is 18.2 Å². The normalized spacial score (nSPS) is 14.7. The number of imidazole rings is 1. The number of aromatic nitrogens is 2. The van der Waals surface area contributed by atoms with Gasteiger partial charge < -0.3 is 9.88 Å². The summed E-state index contributed by atoms with van der Waals surface area (Å²) in [6, 6.07) is 0.550. The molecular weight excluding hydrogens is 222 g/mol. The zero-order valence-electron chi connectivity index (χ0n) is 12.4. The molecule has 0 saturated heterocycles. The third-order valence-electron chi connectivity index (χ3n) is 3.94. The van der Waals surface area contributed by atoms with Crippen molar-refractivity contribution in [2.45, 2.75) is 65.5 Å². The van der Waals surface area contributed by atoms with Crippen LogP contribution in [-0.2, 0) is 13.0 Å². The van der Waals surface area contributed by atoms with E-state index < -0.39 is 0 Å². The van der Waals surface area contributed by atoms with Crippen LogP contribution in [0.1, 0.15) is 52.3 Å². The summed E-state index contributed by atoms with van der Waals surface area (Å²) in [4.78, 5) is 4.49. The summed E-state index contributed by atoms with van der Waals surface area (Å²) in [6.07, 6.45) is 10.2. The fourth-order valence-corrected chi connectivity index (χ4v) is 2.68. The number of likely N-dealkylation sites (N-methyl/N-ethyl adjacent to an activating group) is 1. The lowest BCUT2D eigenvalue weighted by molar-refractivity contribution is 0.324. The van der Waals surface area contributed by atoms with Gasteiger partial charge in [-0.3, -0.25) is 0 Å². The van der Waals surface area contributed by atoms with Crippen LogP contribution in [0.5, 0.6) is 0 Å². The van der Waals surface area contributed by atoms with Crippen LogP contribution < -0.4 is 5.32 Å². The van der Waals surface area contributed by atoms with Crippen molar-refractivity contribution in [2.75, 3.05) is 7.05 Å². The number of aryl methyl sites for hydroxylation is 1. The van der Waals surface area contributed by atoms with Gasteiger partial charge in [0, 0.05) is 31.4 Å². The Bertz CT molecular complexity index is 319. The van der Waals surface area contributed by atoms with E-state index in [0.29, 0.717) is 6.04 Å². The third kappa shape index (κ3) is 4.13. The molecule has 1 aromatic heterocycles. The first kappa shape index (κ1) is 15.2. The zero-order chi connectivity index (χ0) is 13.4. The highest BCUT2D eigenvalue weighted by Gasteiger charge is 2.20. The fraction of sp³-hybridized carbons (Fsp3) is 0.800. The Kier molecular flexibility index (Phi) is 7.02. The van der Waals surface area contributed by atoms with Gasteiger partial charge in [-0.2, -0.15) is 0 Å². The van der Waals surface area contributed by atoms with Crippen molar-refractivity contribution in [1.29, 1.82) is 0 Å². The van der Waals surface area contributed by atoms with Gasteiger partial charge in [-0.1, -0.05) is 33.1 Å². The molecule has 1 aromatic rings. The lowest BCUT2D eigenvalue weighted by atomic mass is 9.89. The molecule has 2 atom stereocenters. The SMILES string of the molecule is CCCCC(CC)C(Cc1nccn1CC)NC. The van der Waals surface area contributed by atoms with Crippen molar-refractivity contribution in [2.24, 2.45) is 5.92 Å². The maximum absolute atomic E-state index is 4.49. The van der Waals surface area contributed by atoms with E-state index in [1.807, 2.05) is 6.20 Å². The van der Waals surface area contributed by atoms with Crippen LogP contribution in [0.4, 0.5) is 0 Å². The molecular formula is C15H29N3. The Hall–Kier alpha value is -0.830. The summed E-state index contributed by atoms with van der Waals surface area (Å²) < 4.78 is 2.25. The van der Waals surface area contributed by atoms with Crippen LogP contribution in [0.25, 0.3) is 0 Å². The lowest BCUT2D eigenvalue weighted by Crippen LogP contribution is -2.36. The van der Waals surface area contributed by atoms with Crippen LogP contribution in [-0.4, -0.2) is 22.6 Å². The first-order valence-electron chi connectivity index (χ1n) is 7.43. The van der Waals surface area contributed by atoms with E-state index in [-0.39, 0.29) is 0 Å². The second kappa shape index (κ2) is 8.30. The summed E-state index contributed by atoms with van der Waals surface area (Å²) in [5.74, 6) is 1.98. The molecule has 1 N–H and O–H groups in total. The maximum atomic E-state index is 4.49. The average molecular weight is 251 g/mol. The largest absolute Gasteiger partial charge is 0.335 e. The smallest absolute Gasteiger partial charge is 0.110 e. The Balaban J connectivity index is 2.64. The van der Waals surface area contributed by atoms with Gasteiger partial charge >= 0.3 is 0 Å². The summed E-state index contributed by atoms with van der Waals surface area (Å²) in [7, 11) is 2.08. The zero-order valence-corrected chi connectivity index (χ0v) is 12.4. The van der Waals surface area contributed by atoms with Gasteiger partial charge in [0.2, 0.25) is 0 Å². The molecule has 0 aromatic carbocycles. The molecule has 2 unspecified atom stereocenters. The van der Waals surface area contributed by atoms with Gasteiger partial charge in [-0.25, -0.2) is 4.98 Å². The number of nitrogens with one attached hydrogen (secondary N) is 1. The molecule has 104 valence electrons. The molecule has 3 heteroatoms. The molecule has 0 saturated carbocycles. The molecule has 0 amide bonds. The maximum Gasteiger partial charge on any atom is 0.110 e. The van der Waals surface area contributed by atoms with Crippen molar-refractivity contribution in [3.8, 4) is 0 Å². The molecule has 0 aliphatic heterocycles. The molecule has 18 heavy (non-hydrogen) atoms. The number of hydrogen-bond donors (Lipinski definition) is 1. The van der Waals surface area contributed by atoms with E-state index in [9.17, 15) is 0 Å². The molecule has 0 spiro atoms. The van der Waals surface area contributed by atoms with E-state index in [1.165, 1.54) is 31.5 Å². The number of hydrogen-bond acceptors (Lipinski definition) is 2. The van der Waals surface area contributed by atoms with Crippen LogP contribution in [0, 0.1) is 5.92 Å². The molecule has 0 bridgehead atoms. The molecule has 1 heterocycles. The highest BCUT2D eigenvalue weighted by Crippen LogP contribution is 2.19. The van der Waals surface area contributed by atoms with Crippen molar-refractivity contribution < 1.29 is 0 Å². The van der Waals surface area contributed by atoms with E-state index in [0.717, 1.165) is 18.9 Å². The lowest BCUT2D eigenvalue weighted by Gasteiger charge is -2.26. The first-order chi connectivity index (χ1) is 8.76. The standard InChI is InChI=1S/C15H29N3/c1-5-8-9-13(6-2)14(16-4)12-15-17-10-11-18(15)7-3/h10-11,13-14,16H,5-9,12H2,1-4H3. The van der Waals surface area contributed by atoms with Crippen molar-refractivity contribution >= 4 is 0 Å². The minimum absolute atomic E-state index is 0.550. The Morgan fingerprint density at radius 1 is 1.33 bits per heavy atom. The molecule has 0 radical (unpaired) electrons. The number of rotatable bonds is 9. The molecule has 0 fully saturated rings. The Labute approximate surface area is 112 Å². The quantitative estimate of drug-likeness (QED) is 0.730. The summed E-state index contributed by atoms with van der Waals surface area (Å²) in [5.41, 5.74) is 0. The van der Waals surface area contributed by atoms with Crippen LogP contribution in [0.3, 0.4) is 0 Å². The van der Waals surface area contributed by atoms with Crippen molar-refractivity contribution in [3.63, 3.8) is 0 Å².